The van der Waals surface area contributed by atoms with Crippen molar-refractivity contribution in [2.75, 3.05) is 60.2 Å². The van der Waals surface area contributed by atoms with Crippen molar-refractivity contribution in [2.45, 2.75) is 13.0 Å². The molecule has 2 heterocycles. The average Bonchev–Trinajstić information content (AvgIpc) is 3.19. The van der Waals surface area contributed by atoms with Gasteiger partial charge in [0.15, 0.2) is 11.5 Å². The number of Topliss-reactive ketones (excluding diaryl/α,β-unsaturated/α-hetero) is 1. The molecule has 0 aliphatic carbocycles. The lowest BCUT2D eigenvalue weighted by atomic mass is 9.94. The molecular weight excluding hydrogens is 488 g/mol. The average molecular weight is 523 g/mol. The molecule has 2 saturated heterocycles. The van der Waals surface area contributed by atoms with Crippen LogP contribution < -0.4 is 14.2 Å². The fourth-order valence-electron chi connectivity index (χ4n) is 4.83. The first-order valence-electron chi connectivity index (χ1n) is 12.5. The van der Waals surface area contributed by atoms with Crippen molar-refractivity contribution in [3.8, 4) is 17.2 Å². The molecular formula is C29H34N2O7. The molecule has 1 unspecified atom stereocenters. The molecule has 4 rings (SSSR count). The number of ketones is 1. The summed E-state index contributed by atoms with van der Waals surface area (Å²) in [7, 11) is 3.09. The Bertz CT molecular complexity index is 1230. The van der Waals surface area contributed by atoms with Crippen LogP contribution in [0, 0.1) is 6.92 Å². The van der Waals surface area contributed by atoms with Crippen molar-refractivity contribution < 1.29 is 33.6 Å². The van der Waals surface area contributed by atoms with Gasteiger partial charge >= 0.3 is 0 Å². The molecule has 2 aliphatic rings. The second kappa shape index (κ2) is 12.1. The molecule has 0 spiro atoms. The number of morpholine rings is 1. The van der Waals surface area contributed by atoms with Gasteiger partial charge in [-0.05, 0) is 48.4 Å². The summed E-state index contributed by atoms with van der Waals surface area (Å²) in [6.07, 6.45) is 1.63. The first-order chi connectivity index (χ1) is 18.4. The molecule has 2 aliphatic heterocycles. The fraction of sp³-hybridized carbons (Fsp3) is 0.379. The Balaban J connectivity index is 1.78. The second-order valence-corrected chi connectivity index (χ2v) is 9.14. The zero-order valence-electron chi connectivity index (χ0n) is 22.1. The van der Waals surface area contributed by atoms with E-state index >= 15 is 0 Å². The summed E-state index contributed by atoms with van der Waals surface area (Å²) in [5.74, 6) is -0.00617. The second-order valence-electron chi connectivity index (χ2n) is 9.14. The van der Waals surface area contributed by atoms with Crippen molar-refractivity contribution in [1.29, 1.82) is 0 Å². The van der Waals surface area contributed by atoms with E-state index in [0.717, 1.165) is 18.7 Å². The van der Waals surface area contributed by atoms with Gasteiger partial charge in [0.25, 0.3) is 11.7 Å². The monoisotopic (exact) mass is 522 g/mol. The van der Waals surface area contributed by atoms with Crippen molar-refractivity contribution in [3.05, 3.63) is 71.3 Å². The minimum atomic E-state index is -0.805. The zero-order chi connectivity index (χ0) is 27.2. The first-order valence-corrected chi connectivity index (χ1v) is 12.5. The molecule has 1 atom stereocenters. The topological polar surface area (TPSA) is 97.8 Å². The molecule has 0 bridgehead atoms. The number of benzene rings is 2. The lowest BCUT2D eigenvalue weighted by molar-refractivity contribution is -0.140. The number of aryl methyl sites for hydroxylation is 1. The molecule has 1 N–H and O–H groups in total. The summed E-state index contributed by atoms with van der Waals surface area (Å²) in [6, 6.07) is 9.58. The van der Waals surface area contributed by atoms with E-state index in [4.69, 9.17) is 18.9 Å². The number of carbonyl (C=O) groups excluding carboxylic acids is 2. The Kier molecular flexibility index (Phi) is 8.70. The van der Waals surface area contributed by atoms with Crippen LogP contribution in [0.15, 0.2) is 54.6 Å². The van der Waals surface area contributed by atoms with E-state index in [0.29, 0.717) is 61.3 Å². The Morgan fingerprint density at radius 1 is 1.05 bits per heavy atom. The largest absolute Gasteiger partial charge is 0.507 e. The highest BCUT2D eigenvalue weighted by atomic mass is 16.5. The maximum atomic E-state index is 13.4. The van der Waals surface area contributed by atoms with Crippen LogP contribution in [0.4, 0.5) is 0 Å². The van der Waals surface area contributed by atoms with Crippen LogP contribution in [-0.4, -0.2) is 86.8 Å². The Morgan fingerprint density at radius 2 is 1.76 bits per heavy atom. The Hall–Kier alpha value is -3.82. The molecule has 2 aromatic rings. The number of rotatable bonds is 10. The lowest BCUT2D eigenvalue weighted by Gasteiger charge is -2.31. The third-order valence-corrected chi connectivity index (χ3v) is 6.83. The van der Waals surface area contributed by atoms with Crippen LogP contribution in [0.1, 0.15) is 22.7 Å². The van der Waals surface area contributed by atoms with E-state index in [1.54, 1.807) is 49.6 Å². The minimum Gasteiger partial charge on any atom is -0.507 e. The van der Waals surface area contributed by atoms with Crippen molar-refractivity contribution in [2.24, 2.45) is 0 Å². The highest BCUT2D eigenvalue weighted by Crippen LogP contribution is 2.42. The van der Waals surface area contributed by atoms with Gasteiger partial charge in [-0.3, -0.25) is 14.5 Å². The number of likely N-dealkylation sites (tertiary alicyclic amines) is 1. The van der Waals surface area contributed by atoms with Crippen molar-refractivity contribution >= 4 is 17.4 Å². The van der Waals surface area contributed by atoms with Gasteiger partial charge < -0.3 is 29.0 Å². The number of ether oxygens (including phenoxy) is 4. The number of nitrogens with zero attached hydrogens (tertiary/aromatic N) is 2. The standard InChI is InChI=1S/C29H34N2O7/c1-5-14-38-23-9-6-20(18-24(23)36-4)26-25(27(32)21-7-8-22(35-3)19(2)17-21)28(33)29(34)31(26)11-10-30-12-15-37-16-13-30/h5-9,17-18,26,32H,1,10-16H2,2-4H3/b27-25+. The van der Waals surface area contributed by atoms with Gasteiger partial charge in [0, 0.05) is 31.7 Å². The van der Waals surface area contributed by atoms with E-state index in [-0.39, 0.29) is 11.3 Å². The Morgan fingerprint density at radius 3 is 2.42 bits per heavy atom. The van der Waals surface area contributed by atoms with E-state index < -0.39 is 17.7 Å². The predicted molar refractivity (Wildman–Crippen MR) is 143 cm³/mol. The summed E-state index contributed by atoms with van der Waals surface area (Å²) in [5.41, 5.74) is 1.88. The summed E-state index contributed by atoms with van der Waals surface area (Å²) in [6.45, 7) is 9.46. The number of methoxy groups -OCH3 is 2. The van der Waals surface area contributed by atoms with Gasteiger partial charge in [-0.25, -0.2) is 0 Å². The van der Waals surface area contributed by atoms with Crippen LogP contribution in [-0.2, 0) is 14.3 Å². The van der Waals surface area contributed by atoms with Gasteiger partial charge in [0.1, 0.15) is 18.1 Å². The summed E-state index contributed by atoms with van der Waals surface area (Å²) in [4.78, 5) is 30.5. The molecule has 9 nitrogen and oxygen atoms in total. The normalized spacial score (nSPS) is 19.4. The molecule has 2 aromatic carbocycles. The van der Waals surface area contributed by atoms with Crippen LogP contribution in [0.25, 0.3) is 5.76 Å². The van der Waals surface area contributed by atoms with Crippen LogP contribution in [0.5, 0.6) is 17.2 Å². The molecule has 202 valence electrons. The maximum absolute atomic E-state index is 13.4. The molecule has 9 heteroatoms. The fourth-order valence-corrected chi connectivity index (χ4v) is 4.83. The molecule has 0 aromatic heterocycles. The van der Waals surface area contributed by atoms with Crippen molar-refractivity contribution in [1.82, 2.24) is 9.80 Å². The van der Waals surface area contributed by atoms with E-state index in [9.17, 15) is 14.7 Å². The Labute approximate surface area is 222 Å². The molecule has 0 radical (unpaired) electrons. The van der Waals surface area contributed by atoms with E-state index in [2.05, 4.69) is 11.5 Å². The number of carbonyl (C=O) groups is 2. The number of hydrogen-bond donors (Lipinski definition) is 1. The molecule has 2 fully saturated rings. The van der Waals surface area contributed by atoms with Crippen LogP contribution >= 0.6 is 0 Å². The summed E-state index contributed by atoms with van der Waals surface area (Å²) < 4.78 is 22.0. The molecule has 1 amide bonds. The lowest BCUT2D eigenvalue weighted by Crippen LogP contribution is -2.42. The van der Waals surface area contributed by atoms with Gasteiger partial charge in [-0.2, -0.15) is 0 Å². The summed E-state index contributed by atoms with van der Waals surface area (Å²) in [5, 5.41) is 11.4. The molecule has 38 heavy (non-hydrogen) atoms. The molecule has 0 saturated carbocycles. The van der Waals surface area contributed by atoms with Gasteiger partial charge in [0.2, 0.25) is 0 Å². The number of aliphatic hydroxyl groups excluding tert-OH is 1. The predicted octanol–water partition coefficient (Wildman–Crippen LogP) is 3.33. The van der Waals surface area contributed by atoms with E-state index in [1.165, 1.54) is 12.0 Å². The number of aliphatic hydroxyl groups is 1. The van der Waals surface area contributed by atoms with Gasteiger partial charge in [-0.15, -0.1) is 0 Å². The quantitative estimate of drug-likeness (QED) is 0.220. The zero-order valence-corrected chi connectivity index (χ0v) is 22.1. The van der Waals surface area contributed by atoms with Gasteiger partial charge in [-0.1, -0.05) is 18.7 Å². The van der Waals surface area contributed by atoms with Crippen molar-refractivity contribution in [3.63, 3.8) is 0 Å². The number of hydrogen-bond acceptors (Lipinski definition) is 8. The number of amides is 1. The minimum absolute atomic E-state index is 0.0309. The van der Waals surface area contributed by atoms with Gasteiger partial charge in [0.05, 0.1) is 39.0 Å². The van der Waals surface area contributed by atoms with Crippen LogP contribution in [0.3, 0.4) is 0 Å². The maximum Gasteiger partial charge on any atom is 0.295 e. The summed E-state index contributed by atoms with van der Waals surface area (Å²) >= 11 is 0. The van der Waals surface area contributed by atoms with E-state index in [1.807, 2.05) is 6.92 Å². The van der Waals surface area contributed by atoms with Crippen LogP contribution in [0.2, 0.25) is 0 Å². The third-order valence-electron chi connectivity index (χ3n) is 6.83. The smallest absolute Gasteiger partial charge is 0.295 e. The highest BCUT2D eigenvalue weighted by molar-refractivity contribution is 6.46. The first kappa shape index (κ1) is 27.2. The third kappa shape index (κ3) is 5.54. The SMILES string of the molecule is C=CCOc1ccc(C2/C(=C(\O)c3ccc(OC)c(C)c3)C(=O)C(=O)N2CCN2CCOCC2)cc1OC. The highest BCUT2D eigenvalue weighted by Gasteiger charge is 2.46.